The van der Waals surface area contributed by atoms with Gasteiger partial charge >= 0.3 is 0 Å². The molecule has 2 aromatic heterocycles. The van der Waals surface area contributed by atoms with Crippen molar-refractivity contribution in [2.75, 3.05) is 13.3 Å². The van der Waals surface area contributed by atoms with E-state index in [1.54, 1.807) is 4.90 Å². The van der Waals surface area contributed by atoms with Crippen molar-refractivity contribution in [3.05, 3.63) is 59.5 Å². The lowest BCUT2D eigenvalue weighted by molar-refractivity contribution is 0.0725. The zero-order valence-electron chi connectivity index (χ0n) is 15.3. The van der Waals surface area contributed by atoms with Crippen LogP contribution in [0.15, 0.2) is 47.0 Å². The molecular weight excluding hydrogens is 372 g/mol. The Kier molecular flexibility index (Phi) is 3.40. The van der Waals surface area contributed by atoms with Gasteiger partial charge in [0.25, 0.3) is 5.91 Å². The Bertz CT molecular complexity index is 1260. The number of rotatable bonds is 2. The lowest BCUT2D eigenvalue weighted by Crippen LogP contribution is -2.36. The first-order valence-corrected chi connectivity index (χ1v) is 9.38. The molecule has 0 fully saturated rings. The molecule has 0 saturated carbocycles. The molecule has 1 amide bonds. The number of ether oxygens (including phenoxy) is 2. The minimum atomic E-state index is -0.106. The van der Waals surface area contributed by atoms with Gasteiger partial charge in [-0.1, -0.05) is 23.4 Å². The topological polar surface area (TPSA) is 93.5 Å². The Morgan fingerprint density at radius 2 is 2.00 bits per heavy atom. The van der Waals surface area contributed by atoms with Crippen molar-refractivity contribution in [1.82, 2.24) is 20.3 Å². The standard InChI is InChI=1S/C21H16N4O4/c26-21(20-13-3-1-2-4-15(13)22-23-20)25-8-7-16-14(10-25)19(24-29-16)12-5-6-17-18(9-12)28-11-27-17/h1-6,9H,7-8,10-11H2,(H,22,23). The Morgan fingerprint density at radius 1 is 1.10 bits per heavy atom. The van der Waals surface area contributed by atoms with Crippen molar-refractivity contribution in [1.29, 1.82) is 0 Å². The molecule has 8 heteroatoms. The maximum atomic E-state index is 13.2. The van der Waals surface area contributed by atoms with Gasteiger partial charge in [-0.25, -0.2) is 0 Å². The number of benzene rings is 2. The molecule has 0 unspecified atom stereocenters. The highest BCUT2D eigenvalue weighted by atomic mass is 16.7. The second-order valence-electron chi connectivity index (χ2n) is 7.10. The maximum Gasteiger partial charge on any atom is 0.275 e. The summed E-state index contributed by atoms with van der Waals surface area (Å²) in [6, 6.07) is 13.3. The van der Waals surface area contributed by atoms with E-state index in [9.17, 15) is 4.79 Å². The SMILES string of the molecule is O=C(c1n[nH]c2ccccc12)N1CCc2onc(-c3ccc4c(c3)OCO4)c2C1. The molecular formula is C21H16N4O4. The first-order valence-electron chi connectivity index (χ1n) is 9.38. The number of nitrogens with one attached hydrogen (secondary N) is 1. The number of hydrogen-bond donors (Lipinski definition) is 1. The summed E-state index contributed by atoms with van der Waals surface area (Å²) in [7, 11) is 0. The van der Waals surface area contributed by atoms with Crippen LogP contribution in [0.2, 0.25) is 0 Å². The molecule has 6 rings (SSSR count). The summed E-state index contributed by atoms with van der Waals surface area (Å²) in [5.74, 6) is 2.11. The average Bonchev–Trinajstić information content (AvgIpc) is 3.49. The van der Waals surface area contributed by atoms with Crippen LogP contribution in [0.5, 0.6) is 11.5 Å². The molecule has 1 N–H and O–H groups in total. The van der Waals surface area contributed by atoms with E-state index in [2.05, 4.69) is 15.4 Å². The Hall–Kier alpha value is -3.81. The number of para-hydroxylation sites is 1. The smallest absolute Gasteiger partial charge is 0.275 e. The number of carbonyl (C=O) groups excluding carboxylic acids is 1. The molecule has 4 aromatic rings. The third kappa shape index (κ3) is 2.49. The second kappa shape index (κ2) is 6.10. The Balaban J connectivity index is 1.34. The van der Waals surface area contributed by atoms with Crippen molar-refractivity contribution in [2.24, 2.45) is 0 Å². The number of fused-ring (bicyclic) bond motifs is 3. The molecule has 0 atom stereocenters. The lowest BCUT2D eigenvalue weighted by atomic mass is 10.0. The zero-order chi connectivity index (χ0) is 19.4. The summed E-state index contributed by atoms with van der Waals surface area (Å²) in [5, 5.41) is 12.3. The van der Waals surface area contributed by atoms with Crippen LogP contribution in [0.1, 0.15) is 21.8 Å². The van der Waals surface area contributed by atoms with Crippen molar-refractivity contribution < 1.29 is 18.8 Å². The second-order valence-corrected chi connectivity index (χ2v) is 7.10. The van der Waals surface area contributed by atoms with E-state index in [-0.39, 0.29) is 12.7 Å². The predicted molar refractivity (Wildman–Crippen MR) is 103 cm³/mol. The van der Waals surface area contributed by atoms with E-state index in [0.717, 1.165) is 33.5 Å². The number of aromatic nitrogens is 3. The van der Waals surface area contributed by atoms with Crippen LogP contribution >= 0.6 is 0 Å². The number of nitrogens with zero attached hydrogens (tertiary/aromatic N) is 3. The highest BCUT2D eigenvalue weighted by Crippen LogP contribution is 2.38. The highest BCUT2D eigenvalue weighted by molar-refractivity contribution is 6.04. The monoisotopic (exact) mass is 388 g/mol. The number of carbonyl (C=O) groups is 1. The van der Waals surface area contributed by atoms with Crippen molar-refractivity contribution in [3.8, 4) is 22.8 Å². The van der Waals surface area contributed by atoms with Gasteiger partial charge in [-0.05, 0) is 24.3 Å². The van der Waals surface area contributed by atoms with Gasteiger partial charge in [-0.15, -0.1) is 0 Å². The van der Waals surface area contributed by atoms with Crippen LogP contribution in [-0.4, -0.2) is 39.5 Å². The average molecular weight is 388 g/mol. The molecule has 0 spiro atoms. The molecule has 0 bridgehead atoms. The van der Waals surface area contributed by atoms with Gasteiger partial charge in [0.15, 0.2) is 17.2 Å². The predicted octanol–water partition coefficient (Wildman–Crippen LogP) is 3.15. The van der Waals surface area contributed by atoms with E-state index in [1.807, 2.05) is 42.5 Å². The zero-order valence-corrected chi connectivity index (χ0v) is 15.3. The summed E-state index contributed by atoms with van der Waals surface area (Å²) >= 11 is 0. The Morgan fingerprint density at radius 3 is 2.97 bits per heavy atom. The quantitative estimate of drug-likeness (QED) is 0.567. The van der Waals surface area contributed by atoms with E-state index < -0.39 is 0 Å². The van der Waals surface area contributed by atoms with Gasteiger partial charge in [-0.2, -0.15) is 5.10 Å². The largest absolute Gasteiger partial charge is 0.454 e. The molecule has 0 aliphatic carbocycles. The van der Waals surface area contributed by atoms with Crippen molar-refractivity contribution in [3.63, 3.8) is 0 Å². The van der Waals surface area contributed by atoms with E-state index in [1.165, 1.54) is 0 Å². The minimum Gasteiger partial charge on any atom is -0.454 e. The molecule has 2 aliphatic heterocycles. The fraction of sp³-hybridized carbons (Fsp3) is 0.190. The first kappa shape index (κ1) is 16.2. The summed E-state index contributed by atoms with van der Waals surface area (Å²) < 4.78 is 16.4. The van der Waals surface area contributed by atoms with E-state index >= 15 is 0 Å². The van der Waals surface area contributed by atoms with Crippen LogP contribution in [0, 0.1) is 0 Å². The molecule has 0 radical (unpaired) electrons. The number of aromatic amines is 1. The van der Waals surface area contributed by atoms with Gasteiger partial charge in [0.05, 0.1) is 12.1 Å². The summed E-state index contributed by atoms with van der Waals surface area (Å²) in [6.07, 6.45) is 0.612. The van der Waals surface area contributed by atoms with Crippen LogP contribution in [-0.2, 0) is 13.0 Å². The molecule has 4 heterocycles. The summed E-state index contributed by atoms with van der Waals surface area (Å²) in [6.45, 7) is 1.20. The maximum absolute atomic E-state index is 13.2. The molecule has 2 aromatic carbocycles. The molecule has 8 nitrogen and oxygen atoms in total. The highest BCUT2D eigenvalue weighted by Gasteiger charge is 2.30. The van der Waals surface area contributed by atoms with Crippen molar-refractivity contribution >= 4 is 16.8 Å². The number of amides is 1. The summed E-state index contributed by atoms with van der Waals surface area (Å²) in [4.78, 5) is 15.0. The fourth-order valence-corrected chi connectivity index (χ4v) is 3.93. The van der Waals surface area contributed by atoms with Gasteiger partial charge in [0.1, 0.15) is 11.5 Å². The lowest BCUT2D eigenvalue weighted by Gasteiger charge is -2.25. The van der Waals surface area contributed by atoms with Gasteiger partial charge < -0.3 is 18.9 Å². The van der Waals surface area contributed by atoms with Crippen molar-refractivity contribution in [2.45, 2.75) is 13.0 Å². The third-order valence-electron chi connectivity index (χ3n) is 5.43. The summed E-state index contributed by atoms with van der Waals surface area (Å²) in [5.41, 5.74) is 3.80. The number of H-pyrrole nitrogens is 1. The molecule has 144 valence electrons. The van der Waals surface area contributed by atoms with E-state index in [4.69, 9.17) is 14.0 Å². The Labute approximate surface area is 165 Å². The number of hydrogen-bond acceptors (Lipinski definition) is 6. The first-order chi connectivity index (χ1) is 14.3. The fourth-order valence-electron chi connectivity index (χ4n) is 3.93. The molecule has 2 aliphatic rings. The van der Waals surface area contributed by atoms with Gasteiger partial charge in [0, 0.05) is 29.5 Å². The van der Waals surface area contributed by atoms with Gasteiger partial charge in [0.2, 0.25) is 6.79 Å². The van der Waals surface area contributed by atoms with Crippen LogP contribution < -0.4 is 9.47 Å². The van der Waals surface area contributed by atoms with Crippen LogP contribution in [0.25, 0.3) is 22.2 Å². The third-order valence-corrected chi connectivity index (χ3v) is 5.43. The van der Waals surface area contributed by atoms with Gasteiger partial charge in [-0.3, -0.25) is 9.89 Å². The molecule has 29 heavy (non-hydrogen) atoms. The minimum absolute atomic E-state index is 0.106. The molecule has 0 saturated heterocycles. The normalized spacial score (nSPS) is 15.0. The van der Waals surface area contributed by atoms with Crippen LogP contribution in [0.3, 0.4) is 0 Å². The van der Waals surface area contributed by atoms with Crippen LogP contribution in [0.4, 0.5) is 0 Å². The van der Waals surface area contributed by atoms with E-state index in [0.29, 0.717) is 36.7 Å².